The molecular formula is C20H21N3O2S2. The molecule has 0 atom stereocenters. The minimum Gasteiger partial charge on any atom is -0.309 e. The van der Waals surface area contributed by atoms with Crippen LogP contribution in [0.2, 0.25) is 0 Å². The first-order valence-corrected chi connectivity index (χ1v) is 10.5. The van der Waals surface area contributed by atoms with Crippen LogP contribution in [0.15, 0.2) is 64.4 Å². The molecule has 0 aliphatic rings. The Bertz CT molecular complexity index is 1010. The van der Waals surface area contributed by atoms with E-state index in [0.29, 0.717) is 21.9 Å². The minimum atomic E-state index is -0.0973. The number of carbonyl (C=O) groups excluding carboxylic acids is 1. The molecule has 140 valence electrons. The number of benzene rings is 1. The van der Waals surface area contributed by atoms with Gasteiger partial charge in [-0.25, -0.2) is 4.98 Å². The summed E-state index contributed by atoms with van der Waals surface area (Å²) in [6, 6.07) is 11.4. The van der Waals surface area contributed by atoms with Crippen molar-refractivity contribution in [1.82, 2.24) is 9.55 Å². The maximum Gasteiger partial charge on any atom is 0.263 e. The van der Waals surface area contributed by atoms with Gasteiger partial charge < -0.3 is 4.90 Å². The number of amides is 1. The van der Waals surface area contributed by atoms with E-state index in [0.717, 1.165) is 5.69 Å². The van der Waals surface area contributed by atoms with Crippen molar-refractivity contribution < 1.29 is 4.79 Å². The average Bonchev–Trinajstić information content (AvgIpc) is 3.12. The van der Waals surface area contributed by atoms with Crippen molar-refractivity contribution in [3.05, 3.63) is 64.8 Å². The van der Waals surface area contributed by atoms with E-state index >= 15 is 0 Å². The van der Waals surface area contributed by atoms with Crippen LogP contribution >= 0.6 is 23.1 Å². The number of nitrogens with zero attached hydrogens (tertiary/aromatic N) is 3. The second-order valence-electron chi connectivity index (χ2n) is 6.22. The van der Waals surface area contributed by atoms with Crippen LogP contribution in [-0.4, -0.2) is 27.3 Å². The lowest BCUT2D eigenvalue weighted by Gasteiger charge is -2.26. The Balaban J connectivity index is 1.87. The lowest BCUT2D eigenvalue weighted by atomic mass is 10.2. The first-order valence-electron chi connectivity index (χ1n) is 8.61. The Hall–Kier alpha value is -2.38. The number of fused-ring (bicyclic) bond motifs is 1. The van der Waals surface area contributed by atoms with E-state index in [1.807, 2.05) is 49.6 Å². The molecule has 27 heavy (non-hydrogen) atoms. The van der Waals surface area contributed by atoms with Crippen molar-refractivity contribution in [3.63, 3.8) is 0 Å². The quantitative estimate of drug-likeness (QED) is 0.340. The zero-order chi connectivity index (χ0) is 19.4. The van der Waals surface area contributed by atoms with E-state index in [-0.39, 0.29) is 23.3 Å². The number of thioether (sulfide) groups is 1. The first kappa shape index (κ1) is 19.4. The van der Waals surface area contributed by atoms with Gasteiger partial charge in [0.1, 0.15) is 4.83 Å². The van der Waals surface area contributed by atoms with Crippen LogP contribution in [0.25, 0.3) is 10.2 Å². The van der Waals surface area contributed by atoms with Gasteiger partial charge in [0.25, 0.3) is 5.56 Å². The molecule has 7 heteroatoms. The summed E-state index contributed by atoms with van der Waals surface area (Å²) in [7, 11) is 0. The molecule has 0 fully saturated rings. The number of para-hydroxylation sites is 1. The fourth-order valence-corrected chi connectivity index (χ4v) is 4.52. The number of carbonyl (C=O) groups is 1. The molecule has 0 saturated carbocycles. The van der Waals surface area contributed by atoms with Gasteiger partial charge in [0.15, 0.2) is 5.16 Å². The van der Waals surface area contributed by atoms with Crippen molar-refractivity contribution in [2.45, 2.75) is 31.6 Å². The molecule has 0 saturated heterocycles. The number of hydrogen-bond donors (Lipinski definition) is 0. The fraction of sp³-hybridized carbons (Fsp3) is 0.250. The lowest BCUT2D eigenvalue weighted by molar-refractivity contribution is -0.116. The Labute approximate surface area is 166 Å². The molecule has 1 amide bonds. The molecule has 0 unspecified atom stereocenters. The van der Waals surface area contributed by atoms with Crippen molar-refractivity contribution in [2.75, 3.05) is 10.7 Å². The van der Waals surface area contributed by atoms with Crippen molar-refractivity contribution >= 4 is 44.9 Å². The van der Waals surface area contributed by atoms with Gasteiger partial charge in [-0.05, 0) is 37.4 Å². The zero-order valence-corrected chi connectivity index (χ0v) is 16.9. The van der Waals surface area contributed by atoms with Crippen LogP contribution in [-0.2, 0) is 11.3 Å². The Morgan fingerprint density at radius 2 is 2.07 bits per heavy atom. The lowest BCUT2D eigenvalue weighted by Crippen LogP contribution is -2.38. The molecule has 1 aromatic carbocycles. The van der Waals surface area contributed by atoms with Crippen LogP contribution in [0, 0.1) is 0 Å². The van der Waals surface area contributed by atoms with E-state index in [2.05, 4.69) is 11.6 Å². The van der Waals surface area contributed by atoms with Gasteiger partial charge in [-0.3, -0.25) is 14.2 Å². The highest BCUT2D eigenvalue weighted by Gasteiger charge is 2.20. The van der Waals surface area contributed by atoms with Crippen molar-refractivity contribution in [2.24, 2.45) is 0 Å². The summed E-state index contributed by atoms with van der Waals surface area (Å²) < 4.78 is 1.57. The average molecular weight is 400 g/mol. The third kappa shape index (κ3) is 4.14. The van der Waals surface area contributed by atoms with E-state index in [9.17, 15) is 9.59 Å². The van der Waals surface area contributed by atoms with Crippen LogP contribution in [0.4, 0.5) is 5.69 Å². The highest BCUT2D eigenvalue weighted by atomic mass is 32.2. The SMILES string of the molecule is C=CCn1c(SCC(=O)N(c2ccccc2)C(C)C)nc2sccc2c1=O. The summed E-state index contributed by atoms with van der Waals surface area (Å²) in [6.45, 7) is 8.06. The van der Waals surface area contributed by atoms with Gasteiger partial charge in [0.2, 0.25) is 5.91 Å². The predicted octanol–water partition coefficient (Wildman–Crippen LogP) is 4.18. The van der Waals surface area contributed by atoms with E-state index in [4.69, 9.17) is 0 Å². The predicted molar refractivity (Wildman–Crippen MR) is 114 cm³/mol. The Morgan fingerprint density at radius 3 is 2.74 bits per heavy atom. The molecular weight excluding hydrogens is 378 g/mol. The smallest absolute Gasteiger partial charge is 0.263 e. The molecule has 0 bridgehead atoms. The number of thiophene rings is 1. The molecule has 0 N–H and O–H groups in total. The standard InChI is InChI=1S/C20H21N3O2S2/c1-4-11-22-19(25)16-10-12-26-18(16)21-20(22)27-13-17(24)23(14(2)3)15-8-6-5-7-9-15/h4-10,12,14H,1,11,13H2,2-3H3. The Kier molecular flexibility index (Phi) is 6.13. The van der Waals surface area contributed by atoms with Crippen LogP contribution in [0.5, 0.6) is 0 Å². The summed E-state index contributed by atoms with van der Waals surface area (Å²) in [5, 5.41) is 3.00. The second kappa shape index (κ2) is 8.54. The summed E-state index contributed by atoms with van der Waals surface area (Å²) in [4.78, 5) is 32.6. The van der Waals surface area contributed by atoms with Gasteiger partial charge >= 0.3 is 0 Å². The van der Waals surface area contributed by atoms with Gasteiger partial charge in [0.05, 0.1) is 11.1 Å². The normalized spacial score (nSPS) is 11.1. The summed E-state index contributed by atoms with van der Waals surface area (Å²) >= 11 is 2.71. The molecule has 3 rings (SSSR count). The maximum absolute atomic E-state index is 12.9. The number of rotatable bonds is 7. The second-order valence-corrected chi connectivity index (χ2v) is 8.06. The summed E-state index contributed by atoms with van der Waals surface area (Å²) in [6.07, 6.45) is 1.66. The topological polar surface area (TPSA) is 55.2 Å². The zero-order valence-electron chi connectivity index (χ0n) is 15.3. The molecule has 0 aliphatic carbocycles. The van der Waals surface area contributed by atoms with Crippen LogP contribution in [0.1, 0.15) is 13.8 Å². The maximum atomic E-state index is 12.9. The number of aromatic nitrogens is 2. The third-order valence-corrected chi connectivity index (χ3v) is 5.77. The largest absolute Gasteiger partial charge is 0.309 e. The monoisotopic (exact) mass is 399 g/mol. The van der Waals surface area contributed by atoms with E-state index in [1.165, 1.54) is 23.1 Å². The van der Waals surface area contributed by atoms with Crippen molar-refractivity contribution in [3.8, 4) is 0 Å². The van der Waals surface area contributed by atoms with Crippen LogP contribution < -0.4 is 10.5 Å². The molecule has 2 aromatic heterocycles. The van der Waals surface area contributed by atoms with Crippen LogP contribution in [0.3, 0.4) is 0 Å². The number of allylic oxidation sites excluding steroid dienone is 1. The fourth-order valence-electron chi connectivity index (χ4n) is 2.84. The van der Waals surface area contributed by atoms with E-state index < -0.39 is 0 Å². The third-order valence-electron chi connectivity index (χ3n) is 4.00. The molecule has 0 aliphatic heterocycles. The molecule has 5 nitrogen and oxygen atoms in total. The van der Waals surface area contributed by atoms with Crippen molar-refractivity contribution in [1.29, 1.82) is 0 Å². The minimum absolute atomic E-state index is 0.0214. The number of hydrogen-bond acceptors (Lipinski definition) is 5. The first-order chi connectivity index (χ1) is 13.0. The number of anilines is 1. The molecule has 0 spiro atoms. The van der Waals surface area contributed by atoms with Gasteiger partial charge in [0, 0.05) is 18.3 Å². The van der Waals surface area contributed by atoms with Gasteiger partial charge in [-0.2, -0.15) is 0 Å². The molecule has 2 heterocycles. The highest BCUT2D eigenvalue weighted by Crippen LogP contribution is 2.23. The summed E-state index contributed by atoms with van der Waals surface area (Å²) in [5.41, 5.74) is 0.767. The summed E-state index contributed by atoms with van der Waals surface area (Å²) in [5.74, 6) is 0.181. The van der Waals surface area contributed by atoms with Gasteiger partial charge in [-0.1, -0.05) is 36.0 Å². The highest BCUT2D eigenvalue weighted by molar-refractivity contribution is 7.99. The Morgan fingerprint density at radius 1 is 1.33 bits per heavy atom. The van der Waals surface area contributed by atoms with Gasteiger partial charge in [-0.15, -0.1) is 17.9 Å². The van der Waals surface area contributed by atoms with E-state index in [1.54, 1.807) is 21.6 Å². The molecule has 0 radical (unpaired) electrons. The molecule has 3 aromatic rings.